The van der Waals surface area contributed by atoms with Crippen molar-refractivity contribution in [3.8, 4) is 0 Å². The first-order chi connectivity index (χ1) is 7.15. The lowest BCUT2D eigenvalue weighted by molar-refractivity contribution is -0.124. The standard InChI is InChI=1S/C11H14N2O2/c1-3-11(15)13(12-9(2)14)10-7-5-4-6-8-10/h4-8H,3H2,1-2H3,(H,12,14). The molecule has 0 aromatic heterocycles. The van der Waals surface area contributed by atoms with Gasteiger partial charge in [0.1, 0.15) is 0 Å². The molecule has 1 aromatic carbocycles. The third kappa shape index (κ3) is 3.09. The molecule has 1 N–H and O–H groups in total. The molecule has 0 bridgehead atoms. The largest absolute Gasteiger partial charge is 0.274 e. The first kappa shape index (κ1) is 11.2. The first-order valence-electron chi connectivity index (χ1n) is 4.80. The van der Waals surface area contributed by atoms with Gasteiger partial charge in [0.25, 0.3) is 0 Å². The molecule has 4 nitrogen and oxygen atoms in total. The molecule has 2 amide bonds. The molecule has 4 heteroatoms. The van der Waals surface area contributed by atoms with E-state index in [1.165, 1.54) is 11.9 Å². The average molecular weight is 206 g/mol. The van der Waals surface area contributed by atoms with Crippen molar-refractivity contribution in [2.45, 2.75) is 20.3 Å². The highest BCUT2D eigenvalue weighted by Crippen LogP contribution is 2.11. The van der Waals surface area contributed by atoms with E-state index >= 15 is 0 Å². The van der Waals surface area contributed by atoms with Gasteiger partial charge in [-0.15, -0.1) is 0 Å². The number of carbonyl (C=O) groups excluding carboxylic acids is 2. The summed E-state index contributed by atoms with van der Waals surface area (Å²) in [5, 5.41) is 1.27. The number of nitrogens with one attached hydrogen (secondary N) is 1. The van der Waals surface area contributed by atoms with Crippen LogP contribution in [0.25, 0.3) is 0 Å². The summed E-state index contributed by atoms with van der Waals surface area (Å²) >= 11 is 0. The minimum atomic E-state index is -0.263. The van der Waals surface area contributed by atoms with Crippen molar-refractivity contribution in [1.29, 1.82) is 0 Å². The van der Waals surface area contributed by atoms with Crippen LogP contribution in [0.2, 0.25) is 0 Å². The van der Waals surface area contributed by atoms with Crippen LogP contribution in [0, 0.1) is 0 Å². The van der Waals surface area contributed by atoms with E-state index in [-0.39, 0.29) is 11.8 Å². The number of anilines is 1. The van der Waals surface area contributed by atoms with Gasteiger partial charge in [0.05, 0.1) is 5.69 Å². The van der Waals surface area contributed by atoms with Gasteiger partial charge in [0.15, 0.2) is 0 Å². The molecule has 0 aliphatic carbocycles. The summed E-state index contributed by atoms with van der Waals surface area (Å²) in [6.07, 6.45) is 0.342. The lowest BCUT2D eigenvalue weighted by Gasteiger charge is -2.21. The highest BCUT2D eigenvalue weighted by atomic mass is 16.2. The maximum Gasteiger partial charge on any atom is 0.245 e. The van der Waals surface area contributed by atoms with Crippen LogP contribution in [0.1, 0.15) is 20.3 Å². The van der Waals surface area contributed by atoms with Gasteiger partial charge in [-0.1, -0.05) is 25.1 Å². The second-order valence-electron chi connectivity index (χ2n) is 3.09. The van der Waals surface area contributed by atoms with E-state index in [2.05, 4.69) is 5.43 Å². The van der Waals surface area contributed by atoms with E-state index in [1.54, 1.807) is 19.1 Å². The number of hydrogen-bond donors (Lipinski definition) is 1. The van der Waals surface area contributed by atoms with Gasteiger partial charge in [0, 0.05) is 13.3 Å². The number of carbonyl (C=O) groups is 2. The molecule has 0 spiro atoms. The molecule has 0 aliphatic rings. The minimum absolute atomic E-state index is 0.142. The molecule has 0 unspecified atom stereocenters. The summed E-state index contributed by atoms with van der Waals surface area (Å²) in [7, 11) is 0. The van der Waals surface area contributed by atoms with Crippen molar-refractivity contribution in [1.82, 2.24) is 5.43 Å². The summed E-state index contributed by atoms with van der Waals surface area (Å²) < 4.78 is 0. The van der Waals surface area contributed by atoms with Gasteiger partial charge >= 0.3 is 0 Å². The third-order valence-electron chi connectivity index (χ3n) is 1.84. The van der Waals surface area contributed by atoms with Crippen LogP contribution in [0.5, 0.6) is 0 Å². The molecule has 80 valence electrons. The molecule has 0 fully saturated rings. The van der Waals surface area contributed by atoms with E-state index in [0.717, 1.165) is 0 Å². The SMILES string of the molecule is CCC(=O)N(NC(C)=O)c1ccccc1. The fraction of sp³-hybridized carbons (Fsp3) is 0.273. The number of rotatable bonds is 2. The van der Waals surface area contributed by atoms with Gasteiger partial charge in [-0.2, -0.15) is 0 Å². The Morgan fingerprint density at radius 3 is 2.33 bits per heavy atom. The van der Waals surface area contributed by atoms with Crippen LogP contribution in [-0.4, -0.2) is 11.8 Å². The maximum atomic E-state index is 11.6. The number of para-hydroxylation sites is 1. The van der Waals surface area contributed by atoms with E-state index in [9.17, 15) is 9.59 Å². The predicted octanol–water partition coefficient (Wildman–Crippen LogP) is 1.48. The Hall–Kier alpha value is -1.84. The van der Waals surface area contributed by atoms with Gasteiger partial charge < -0.3 is 0 Å². The summed E-state index contributed by atoms with van der Waals surface area (Å²) in [5.41, 5.74) is 3.16. The van der Waals surface area contributed by atoms with Crippen LogP contribution in [-0.2, 0) is 9.59 Å². The van der Waals surface area contributed by atoms with Gasteiger partial charge in [-0.3, -0.25) is 15.0 Å². The van der Waals surface area contributed by atoms with Crippen molar-refractivity contribution >= 4 is 17.5 Å². The van der Waals surface area contributed by atoms with E-state index in [4.69, 9.17) is 0 Å². The van der Waals surface area contributed by atoms with Crippen LogP contribution >= 0.6 is 0 Å². The summed E-state index contributed by atoms with van der Waals surface area (Å²) in [6.45, 7) is 3.12. The second-order valence-corrected chi connectivity index (χ2v) is 3.09. The quantitative estimate of drug-likeness (QED) is 0.745. The molecule has 1 aromatic rings. The molecule has 0 aliphatic heterocycles. The Morgan fingerprint density at radius 2 is 1.87 bits per heavy atom. The third-order valence-corrected chi connectivity index (χ3v) is 1.84. The molecule has 0 saturated heterocycles. The van der Waals surface area contributed by atoms with Gasteiger partial charge in [-0.05, 0) is 12.1 Å². The molecule has 0 radical (unpaired) electrons. The Balaban J connectivity index is 2.91. The smallest absolute Gasteiger partial charge is 0.245 e. The van der Waals surface area contributed by atoms with Crippen LogP contribution in [0.4, 0.5) is 5.69 Å². The highest BCUT2D eigenvalue weighted by Gasteiger charge is 2.14. The average Bonchev–Trinajstić information content (AvgIpc) is 2.26. The molecule has 0 heterocycles. The maximum absolute atomic E-state index is 11.6. The van der Waals surface area contributed by atoms with E-state index in [1.807, 2.05) is 18.2 Å². The van der Waals surface area contributed by atoms with Crippen molar-refractivity contribution in [3.63, 3.8) is 0 Å². The van der Waals surface area contributed by atoms with Crippen molar-refractivity contribution < 1.29 is 9.59 Å². The molecule has 0 saturated carbocycles. The molecular formula is C11H14N2O2. The fourth-order valence-corrected chi connectivity index (χ4v) is 1.16. The lowest BCUT2D eigenvalue weighted by Crippen LogP contribution is -2.45. The minimum Gasteiger partial charge on any atom is -0.274 e. The summed E-state index contributed by atoms with van der Waals surface area (Å²) in [4.78, 5) is 22.5. The topological polar surface area (TPSA) is 49.4 Å². The Bertz CT molecular complexity index is 349. The Labute approximate surface area is 88.9 Å². The zero-order valence-electron chi connectivity index (χ0n) is 8.86. The predicted molar refractivity (Wildman–Crippen MR) is 58.0 cm³/mol. The van der Waals surface area contributed by atoms with Crippen molar-refractivity contribution in [2.75, 3.05) is 5.01 Å². The molecule has 1 rings (SSSR count). The van der Waals surface area contributed by atoms with Crippen LogP contribution in [0.3, 0.4) is 0 Å². The normalized spacial score (nSPS) is 9.47. The second kappa shape index (κ2) is 5.14. The van der Waals surface area contributed by atoms with Crippen molar-refractivity contribution in [3.05, 3.63) is 30.3 Å². The number of hydrogen-bond acceptors (Lipinski definition) is 2. The number of amides is 2. The first-order valence-corrected chi connectivity index (χ1v) is 4.80. The van der Waals surface area contributed by atoms with E-state index in [0.29, 0.717) is 12.1 Å². The molecular weight excluding hydrogens is 192 g/mol. The zero-order valence-corrected chi connectivity index (χ0v) is 8.86. The summed E-state index contributed by atoms with van der Waals surface area (Å²) in [5.74, 6) is -0.406. The zero-order chi connectivity index (χ0) is 11.3. The highest BCUT2D eigenvalue weighted by molar-refractivity contribution is 5.95. The lowest BCUT2D eigenvalue weighted by atomic mass is 10.3. The molecule has 0 atom stereocenters. The molecule has 15 heavy (non-hydrogen) atoms. The van der Waals surface area contributed by atoms with Crippen LogP contribution in [0.15, 0.2) is 30.3 Å². The Kier molecular flexibility index (Phi) is 3.85. The van der Waals surface area contributed by atoms with Gasteiger partial charge in [0.2, 0.25) is 11.8 Å². The number of hydrazine groups is 1. The van der Waals surface area contributed by atoms with Crippen molar-refractivity contribution in [2.24, 2.45) is 0 Å². The monoisotopic (exact) mass is 206 g/mol. The number of nitrogens with zero attached hydrogens (tertiary/aromatic N) is 1. The van der Waals surface area contributed by atoms with E-state index < -0.39 is 0 Å². The van der Waals surface area contributed by atoms with Crippen LogP contribution < -0.4 is 10.4 Å². The Morgan fingerprint density at radius 1 is 1.27 bits per heavy atom. The van der Waals surface area contributed by atoms with Gasteiger partial charge in [-0.25, -0.2) is 5.01 Å². The fourth-order valence-electron chi connectivity index (χ4n) is 1.16. The number of benzene rings is 1. The summed E-state index contributed by atoms with van der Waals surface area (Å²) in [6, 6.07) is 9.01.